The molecule has 1 rings (SSSR count). The average Bonchev–Trinajstić information content (AvgIpc) is 2.38. The fourth-order valence-electron chi connectivity index (χ4n) is 2.89. The highest BCUT2D eigenvalue weighted by Gasteiger charge is 2.31. The molecule has 2 heteroatoms. The zero-order chi connectivity index (χ0) is 12.6. The van der Waals surface area contributed by atoms with Gasteiger partial charge in [-0.05, 0) is 26.2 Å². The summed E-state index contributed by atoms with van der Waals surface area (Å²) in [5.74, 6) is 0. The van der Waals surface area contributed by atoms with E-state index in [0.29, 0.717) is 12.6 Å². The van der Waals surface area contributed by atoms with Gasteiger partial charge in [-0.3, -0.25) is 0 Å². The molecule has 17 heavy (non-hydrogen) atoms. The quantitative estimate of drug-likeness (QED) is 0.638. The van der Waals surface area contributed by atoms with Crippen LogP contribution in [0.15, 0.2) is 0 Å². The van der Waals surface area contributed by atoms with Crippen LogP contribution in [0.5, 0.6) is 0 Å². The second-order valence-electron chi connectivity index (χ2n) is 6.00. The standard InChI is InChI=1S/C15H31NO/c1-3-4-6-9-14(2)16-12-15(13-17)10-7-5-8-11-15/h14,16-17H,3-13H2,1-2H3. The lowest BCUT2D eigenvalue weighted by molar-refractivity contribution is 0.0785. The summed E-state index contributed by atoms with van der Waals surface area (Å²) in [7, 11) is 0. The number of hydrogen-bond acceptors (Lipinski definition) is 2. The van der Waals surface area contributed by atoms with Crippen molar-refractivity contribution in [2.45, 2.75) is 77.7 Å². The van der Waals surface area contributed by atoms with Crippen LogP contribution in [-0.2, 0) is 0 Å². The first-order valence-electron chi connectivity index (χ1n) is 7.57. The Hall–Kier alpha value is -0.0800. The van der Waals surface area contributed by atoms with Crippen molar-refractivity contribution in [3.63, 3.8) is 0 Å². The highest BCUT2D eigenvalue weighted by Crippen LogP contribution is 2.35. The number of hydrogen-bond donors (Lipinski definition) is 2. The fourth-order valence-corrected chi connectivity index (χ4v) is 2.89. The molecule has 1 aliphatic rings. The molecule has 1 atom stereocenters. The van der Waals surface area contributed by atoms with Gasteiger partial charge < -0.3 is 10.4 Å². The van der Waals surface area contributed by atoms with Crippen molar-refractivity contribution in [1.82, 2.24) is 5.32 Å². The van der Waals surface area contributed by atoms with E-state index in [1.165, 1.54) is 57.8 Å². The average molecular weight is 241 g/mol. The normalized spacial score (nSPS) is 21.4. The SMILES string of the molecule is CCCCCC(C)NCC1(CO)CCCCC1. The van der Waals surface area contributed by atoms with Crippen molar-refractivity contribution >= 4 is 0 Å². The van der Waals surface area contributed by atoms with Gasteiger partial charge in [0.1, 0.15) is 0 Å². The molecule has 102 valence electrons. The van der Waals surface area contributed by atoms with Crippen molar-refractivity contribution in [3.05, 3.63) is 0 Å². The number of rotatable bonds is 8. The second-order valence-corrected chi connectivity index (χ2v) is 6.00. The third-order valence-corrected chi connectivity index (χ3v) is 4.32. The minimum Gasteiger partial charge on any atom is -0.396 e. The summed E-state index contributed by atoms with van der Waals surface area (Å²) in [5.41, 5.74) is 0.192. The number of aliphatic hydroxyl groups is 1. The Morgan fingerprint density at radius 3 is 2.47 bits per heavy atom. The molecule has 2 nitrogen and oxygen atoms in total. The van der Waals surface area contributed by atoms with E-state index in [4.69, 9.17) is 0 Å². The topological polar surface area (TPSA) is 32.3 Å². The van der Waals surface area contributed by atoms with Gasteiger partial charge in [0, 0.05) is 24.6 Å². The summed E-state index contributed by atoms with van der Waals surface area (Å²) in [6, 6.07) is 0.604. The minimum absolute atomic E-state index is 0.192. The highest BCUT2D eigenvalue weighted by molar-refractivity contribution is 4.85. The monoisotopic (exact) mass is 241 g/mol. The molecule has 0 amide bonds. The van der Waals surface area contributed by atoms with E-state index in [1.54, 1.807) is 0 Å². The number of nitrogens with one attached hydrogen (secondary N) is 1. The Bertz CT molecular complexity index is 187. The van der Waals surface area contributed by atoms with Crippen LogP contribution >= 0.6 is 0 Å². The molecule has 1 fully saturated rings. The molecular weight excluding hydrogens is 210 g/mol. The van der Waals surface area contributed by atoms with Crippen molar-refractivity contribution in [2.75, 3.05) is 13.2 Å². The molecule has 0 heterocycles. The molecule has 0 radical (unpaired) electrons. The van der Waals surface area contributed by atoms with Gasteiger partial charge >= 0.3 is 0 Å². The van der Waals surface area contributed by atoms with Gasteiger partial charge in [0.15, 0.2) is 0 Å². The minimum atomic E-state index is 0.192. The van der Waals surface area contributed by atoms with Crippen LogP contribution in [0.1, 0.15) is 71.6 Å². The van der Waals surface area contributed by atoms with E-state index in [-0.39, 0.29) is 5.41 Å². The van der Waals surface area contributed by atoms with Gasteiger partial charge in [-0.25, -0.2) is 0 Å². The van der Waals surface area contributed by atoms with Crippen LogP contribution in [0.3, 0.4) is 0 Å². The maximum absolute atomic E-state index is 9.63. The smallest absolute Gasteiger partial charge is 0.0499 e. The summed E-state index contributed by atoms with van der Waals surface area (Å²) in [6.07, 6.45) is 11.6. The van der Waals surface area contributed by atoms with Gasteiger partial charge in [0.2, 0.25) is 0 Å². The lowest BCUT2D eigenvalue weighted by Gasteiger charge is -2.36. The lowest BCUT2D eigenvalue weighted by atomic mass is 9.74. The summed E-state index contributed by atoms with van der Waals surface area (Å²) >= 11 is 0. The van der Waals surface area contributed by atoms with E-state index >= 15 is 0 Å². The van der Waals surface area contributed by atoms with Crippen LogP contribution in [0.25, 0.3) is 0 Å². The zero-order valence-corrected chi connectivity index (χ0v) is 11.8. The maximum atomic E-state index is 9.63. The Morgan fingerprint density at radius 1 is 1.18 bits per heavy atom. The van der Waals surface area contributed by atoms with E-state index in [9.17, 15) is 5.11 Å². The van der Waals surface area contributed by atoms with Crippen molar-refractivity contribution in [2.24, 2.45) is 5.41 Å². The van der Waals surface area contributed by atoms with Gasteiger partial charge in [-0.15, -0.1) is 0 Å². The van der Waals surface area contributed by atoms with E-state index in [0.717, 1.165) is 6.54 Å². The van der Waals surface area contributed by atoms with Crippen LogP contribution in [0, 0.1) is 5.41 Å². The first-order chi connectivity index (χ1) is 8.22. The Balaban J connectivity index is 2.21. The van der Waals surface area contributed by atoms with E-state index < -0.39 is 0 Å². The third kappa shape index (κ3) is 5.39. The van der Waals surface area contributed by atoms with Gasteiger partial charge in [0.25, 0.3) is 0 Å². The van der Waals surface area contributed by atoms with Crippen LogP contribution in [0.4, 0.5) is 0 Å². The molecule has 2 N–H and O–H groups in total. The highest BCUT2D eigenvalue weighted by atomic mass is 16.3. The van der Waals surface area contributed by atoms with Crippen LogP contribution < -0.4 is 5.32 Å². The van der Waals surface area contributed by atoms with Crippen molar-refractivity contribution in [3.8, 4) is 0 Å². The van der Waals surface area contributed by atoms with Crippen LogP contribution in [-0.4, -0.2) is 24.3 Å². The number of unbranched alkanes of at least 4 members (excludes halogenated alkanes) is 2. The molecular formula is C15H31NO. The second kappa shape index (κ2) is 8.10. The van der Waals surface area contributed by atoms with Gasteiger partial charge in [-0.2, -0.15) is 0 Å². The molecule has 0 aromatic heterocycles. The molecule has 1 unspecified atom stereocenters. The van der Waals surface area contributed by atoms with Crippen molar-refractivity contribution < 1.29 is 5.11 Å². The molecule has 0 saturated heterocycles. The van der Waals surface area contributed by atoms with Gasteiger partial charge in [0.05, 0.1) is 0 Å². The molecule has 1 aliphatic carbocycles. The number of aliphatic hydroxyl groups excluding tert-OH is 1. The Morgan fingerprint density at radius 2 is 1.88 bits per heavy atom. The molecule has 0 aromatic rings. The van der Waals surface area contributed by atoms with Crippen LogP contribution in [0.2, 0.25) is 0 Å². The first-order valence-corrected chi connectivity index (χ1v) is 7.57. The summed E-state index contributed by atoms with van der Waals surface area (Å²) in [6.45, 7) is 5.91. The van der Waals surface area contributed by atoms with E-state index in [2.05, 4.69) is 19.2 Å². The molecule has 0 aliphatic heterocycles. The third-order valence-electron chi connectivity index (χ3n) is 4.32. The summed E-state index contributed by atoms with van der Waals surface area (Å²) < 4.78 is 0. The predicted molar refractivity (Wildman–Crippen MR) is 74.2 cm³/mol. The van der Waals surface area contributed by atoms with Gasteiger partial charge in [-0.1, -0.05) is 45.4 Å². The summed E-state index contributed by atoms with van der Waals surface area (Å²) in [4.78, 5) is 0. The Labute approximate surface area is 107 Å². The largest absolute Gasteiger partial charge is 0.396 e. The molecule has 0 spiro atoms. The Kier molecular flexibility index (Phi) is 7.14. The lowest BCUT2D eigenvalue weighted by Crippen LogP contribution is -2.42. The fraction of sp³-hybridized carbons (Fsp3) is 1.00. The molecule has 0 bridgehead atoms. The molecule has 0 aromatic carbocycles. The maximum Gasteiger partial charge on any atom is 0.0499 e. The predicted octanol–water partition coefficient (Wildman–Crippen LogP) is 3.49. The van der Waals surface area contributed by atoms with E-state index in [1.807, 2.05) is 0 Å². The van der Waals surface area contributed by atoms with Crippen molar-refractivity contribution in [1.29, 1.82) is 0 Å². The molecule has 1 saturated carbocycles. The zero-order valence-electron chi connectivity index (χ0n) is 11.8. The first kappa shape index (κ1) is 15.0. The summed E-state index contributed by atoms with van der Waals surface area (Å²) in [5, 5.41) is 13.3.